The predicted octanol–water partition coefficient (Wildman–Crippen LogP) is -1.10. The van der Waals surface area contributed by atoms with Gasteiger partial charge in [0.05, 0.1) is 5.69 Å². The molecule has 0 aliphatic carbocycles. The number of nitrogen functional groups attached to an aromatic ring is 1. The van der Waals surface area contributed by atoms with Crippen molar-refractivity contribution in [3.63, 3.8) is 0 Å². The van der Waals surface area contributed by atoms with Gasteiger partial charge in [-0.05, 0) is 12.1 Å². The number of rotatable bonds is 3. The average molecular weight is 273 g/mol. The summed E-state index contributed by atoms with van der Waals surface area (Å²) in [6.45, 7) is 0. The molecular weight excluding hydrogens is 266 g/mol. The van der Waals surface area contributed by atoms with Crippen molar-refractivity contribution in [2.24, 2.45) is 0 Å². The summed E-state index contributed by atoms with van der Waals surface area (Å²) in [6, 6.07) is 4.60. The number of nitrogens with two attached hydrogens (primary N) is 1. The van der Waals surface area contributed by atoms with E-state index in [1.54, 1.807) is 6.07 Å². The fourth-order valence-corrected chi connectivity index (χ4v) is 0.768. The van der Waals surface area contributed by atoms with Crippen molar-refractivity contribution in [3.05, 3.63) is 23.3 Å². The Hall–Kier alpha value is 0.695. The zero-order valence-electron chi connectivity index (χ0n) is 6.98. The second kappa shape index (κ2) is 7.05. The van der Waals surface area contributed by atoms with Gasteiger partial charge in [-0.25, -0.2) is 0 Å². The number of phenolic OH excluding ortho intramolecular Hbond substituents is 1. The standard InChI is InChI=1S/C6H7N2O3S.Rb/c7-4-2-1-3-5(6(4)9)10-11-12-8;/h1-3,8-9H,7H2;/q-1;+1. The van der Waals surface area contributed by atoms with Crippen molar-refractivity contribution in [3.8, 4) is 11.5 Å². The fourth-order valence-electron chi connectivity index (χ4n) is 0.660. The van der Waals surface area contributed by atoms with Gasteiger partial charge in [-0.1, -0.05) is 18.3 Å². The summed E-state index contributed by atoms with van der Waals surface area (Å²) >= 11 is 0.287. The Kier molecular flexibility index (Phi) is 7.43. The summed E-state index contributed by atoms with van der Waals surface area (Å²) in [5.41, 5.74) is 5.55. The van der Waals surface area contributed by atoms with Crippen LogP contribution in [0.1, 0.15) is 0 Å². The second-order valence-corrected chi connectivity index (χ2v) is 2.23. The van der Waals surface area contributed by atoms with E-state index in [1.807, 2.05) is 0 Å². The Balaban J connectivity index is 0.00000144. The van der Waals surface area contributed by atoms with Crippen molar-refractivity contribution in [2.45, 2.75) is 0 Å². The van der Waals surface area contributed by atoms with Gasteiger partial charge in [-0.15, -0.1) is 4.33 Å². The molecule has 1 rings (SSSR count). The molecule has 1 aromatic rings. The number of para-hydroxylation sites is 1. The van der Waals surface area contributed by atoms with Gasteiger partial charge < -0.3 is 20.9 Å². The van der Waals surface area contributed by atoms with Crippen LogP contribution >= 0.6 is 12.2 Å². The third-order valence-corrected chi connectivity index (χ3v) is 1.32. The molecule has 0 fully saturated rings. The predicted molar refractivity (Wildman–Crippen MR) is 46.1 cm³/mol. The summed E-state index contributed by atoms with van der Waals surface area (Å²) in [4.78, 5) is 4.51. The Morgan fingerprint density at radius 3 is 2.77 bits per heavy atom. The van der Waals surface area contributed by atoms with E-state index in [2.05, 4.69) is 9.22 Å². The van der Waals surface area contributed by atoms with E-state index in [-0.39, 0.29) is 87.6 Å². The number of hydrogen-bond acceptors (Lipinski definition) is 5. The molecule has 0 heterocycles. The normalized spacial score (nSPS) is 9.00. The van der Waals surface area contributed by atoms with Crippen molar-refractivity contribution < 1.29 is 72.5 Å². The Labute approximate surface area is 129 Å². The van der Waals surface area contributed by atoms with Crippen LogP contribution in [0.15, 0.2) is 18.2 Å². The summed E-state index contributed by atoms with van der Waals surface area (Å²) in [6.07, 6.45) is 0. The molecule has 0 saturated carbocycles. The van der Waals surface area contributed by atoms with Crippen molar-refractivity contribution >= 4 is 17.9 Å². The second-order valence-electron chi connectivity index (χ2n) is 1.93. The summed E-state index contributed by atoms with van der Waals surface area (Å²) in [5.74, 6) is -0.0960. The first-order chi connectivity index (χ1) is 5.75. The van der Waals surface area contributed by atoms with Crippen LogP contribution in [0, 0.1) is 0 Å². The van der Waals surface area contributed by atoms with E-state index in [4.69, 9.17) is 10.9 Å². The maximum atomic E-state index is 9.22. The van der Waals surface area contributed by atoms with Crippen LogP contribution in [0.5, 0.6) is 11.5 Å². The molecule has 0 aromatic heterocycles. The maximum Gasteiger partial charge on any atom is 1.00 e. The first kappa shape index (κ1) is 13.7. The van der Waals surface area contributed by atoms with Gasteiger partial charge >= 0.3 is 58.2 Å². The number of benzene rings is 1. The van der Waals surface area contributed by atoms with Crippen molar-refractivity contribution in [2.75, 3.05) is 5.73 Å². The molecule has 0 bridgehead atoms. The molecule has 0 saturated heterocycles. The molecule has 1 aromatic carbocycles. The number of nitrogens with one attached hydrogen (secondary N) is 1. The van der Waals surface area contributed by atoms with Crippen LogP contribution < -0.4 is 68.8 Å². The first-order valence-electron chi connectivity index (χ1n) is 3.00. The van der Waals surface area contributed by atoms with E-state index in [9.17, 15) is 5.11 Å². The summed E-state index contributed by atoms with van der Waals surface area (Å²) < 4.78 is 4.22. The smallest absolute Gasteiger partial charge is 0.593 e. The minimum absolute atomic E-state index is 0. The van der Waals surface area contributed by atoms with Gasteiger partial charge in [-0.3, -0.25) is 0 Å². The van der Waals surface area contributed by atoms with Gasteiger partial charge in [0.2, 0.25) is 5.75 Å². The molecule has 0 unspecified atom stereocenters. The van der Waals surface area contributed by atoms with Gasteiger partial charge in [0.1, 0.15) is 0 Å². The SMILES string of the molecule is [NH-]SOOc1cccc(N)c1O.[Rb+]. The fraction of sp³-hybridized carbons (Fsp3) is 0. The Morgan fingerprint density at radius 1 is 1.46 bits per heavy atom. The number of anilines is 1. The minimum atomic E-state index is -0.188. The molecule has 0 spiro atoms. The molecule has 0 atom stereocenters. The molecular formula is C6H7N2O3RbS. The summed E-state index contributed by atoms with van der Waals surface area (Å²) in [5, 5.41) is 15.8. The quantitative estimate of drug-likeness (QED) is 0.182. The van der Waals surface area contributed by atoms with Gasteiger partial charge in [0.15, 0.2) is 5.75 Å². The van der Waals surface area contributed by atoms with Crippen LogP contribution in [0.3, 0.4) is 0 Å². The topological polar surface area (TPSA) is 88.5 Å². The third kappa shape index (κ3) is 4.15. The van der Waals surface area contributed by atoms with E-state index in [0.29, 0.717) is 0 Å². The maximum absolute atomic E-state index is 9.22. The number of aromatic hydroxyl groups is 1. The van der Waals surface area contributed by atoms with Gasteiger partial charge in [0, 0.05) is 0 Å². The van der Waals surface area contributed by atoms with Crippen molar-refractivity contribution in [1.82, 2.24) is 0 Å². The third-order valence-electron chi connectivity index (χ3n) is 1.19. The van der Waals surface area contributed by atoms with E-state index in [1.165, 1.54) is 12.1 Å². The molecule has 66 valence electrons. The molecule has 0 aliphatic heterocycles. The van der Waals surface area contributed by atoms with Crippen LogP contribution in [0.4, 0.5) is 5.69 Å². The van der Waals surface area contributed by atoms with Crippen LogP contribution in [-0.2, 0) is 4.33 Å². The van der Waals surface area contributed by atoms with Crippen LogP contribution in [-0.4, -0.2) is 5.11 Å². The van der Waals surface area contributed by atoms with E-state index >= 15 is 0 Å². The van der Waals surface area contributed by atoms with E-state index in [0.717, 1.165) is 0 Å². The van der Waals surface area contributed by atoms with Crippen molar-refractivity contribution in [1.29, 1.82) is 0 Å². The molecule has 4 N–H and O–H groups in total. The summed E-state index contributed by atoms with van der Waals surface area (Å²) in [7, 11) is 0. The van der Waals surface area contributed by atoms with Gasteiger partial charge in [-0.2, -0.15) is 0 Å². The molecule has 0 radical (unpaired) electrons. The first-order valence-corrected chi connectivity index (χ1v) is 3.74. The molecule has 7 heteroatoms. The molecule has 5 nitrogen and oxygen atoms in total. The zero-order valence-corrected chi connectivity index (χ0v) is 12.7. The average Bonchev–Trinajstić information content (AvgIpc) is 2.08. The number of hydrogen-bond donors (Lipinski definition) is 2. The monoisotopic (exact) mass is 272 g/mol. The molecule has 13 heavy (non-hydrogen) atoms. The van der Waals surface area contributed by atoms with Crippen LogP contribution in [0.25, 0.3) is 5.14 Å². The molecule has 0 aliphatic rings. The number of phenols is 1. The Bertz CT molecular complexity index is 274. The minimum Gasteiger partial charge on any atom is -0.593 e. The zero-order chi connectivity index (χ0) is 8.97. The Morgan fingerprint density at radius 2 is 2.15 bits per heavy atom. The molecule has 0 amide bonds. The largest absolute Gasteiger partial charge is 1.00 e. The van der Waals surface area contributed by atoms with Gasteiger partial charge in [0.25, 0.3) is 0 Å². The van der Waals surface area contributed by atoms with Crippen LogP contribution in [0.2, 0.25) is 0 Å². The van der Waals surface area contributed by atoms with E-state index < -0.39 is 0 Å².